The van der Waals surface area contributed by atoms with Gasteiger partial charge in [0, 0.05) is 28.6 Å². The Morgan fingerprint density at radius 1 is 1.03 bits per heavy atom. The molecule has 1 aliphatic heterocycles. The molecule has 0 fully saturated rings. The van der Waals surface area contributed by atoms with E-state index in [4.69, 9.17) is 4.74 Å². The third kappa shape index (κ3) is 4.25. The van der Waals surface area contributed by atoms with Crippen molar-refractivity contribution >= 4 is 28.1 Å². The summed E-state index contributed by atoms with van der Waals surface area (Å²) in [6, 6.07) is 15.9. The van der Waals surface area contributed by atoms with E-state index in [-0.39, 0.29) is 23.6 Å². The number of aryl methyl sites for hydroxylation is 1. The molecule has 6 rings (SSSR count). The summed E-state index contributed by atoms with van der Waals surface area (Å²) < 4.78 is 35.8. The van der Waals surface area contributed by atoms with E-state index in [1.54, 1.807) is 40.2 Å². The van der Waals surface area contributed by atoms with Crippen LogP contribution in [0.5, 0.6) is 5.75 Å². The van der Waals surface area contributed by atoms with Crippen molar-refractivity contribution in [3.8, 4) is 11.4 Å². The Bertz CT molecular complexity index is 1630. The molecule has 5 aromatic rings. The number of hydrogen-bond acceptors (Lipinski definition) is 5. The van der Waals surface area contributed by atoms with E-state index in [1.807, 2.05) is 32.0 Å². The van der Waals surface area contributed by atoms with Crippen LogP contribution in [0.3, 0.4) is 0 Å². The molecule has 2 atom stereocenters. The molecule has 186 valence electrons. The average Bonchev–Trinajstić information content (AvgIpc) is 3.52. The molecule has 0 saturated heterocycles. The Balaban J connectivity index is 1.34. The summed E-state index contributed by atoms with van der Waals surface area (Å²) in [6.45, 7) is 4.16. The maximum absolute atomic E-state index is 14.3. The number of hydrogen-bond donors (Lipinski definition) is 0. The molecule has 0 saturated carbocycles. The van der Waals surface area contributed by atoms with E-state index in [0.717, 1.165) is 27.0 Å². The normalized spacial score (nSPS) is 17.1. The van der Waals surface area contributed by atoms with Gasteiger partial charge in [-0.1, -0.05) is 6.07 Å². The topological polar surface area (TPSA) is 60.3 Å². The first-order valence-electron chi connectivity index (χ1n) is 11.8. The number of ether oxygens (including phenoxy) is 1. The average molecular weight is 517 g/mol. The molecule has 0 bridgehead atoms. The number of benzene rings is 3. The fourth-order valence-corrected chi connectivity index (χ4v) is 5.46. The first-order valence-corrected chi connectivity index (χ1v) is 12.6. The fourth-order valence-electron chi connectivity index (χ4n) is 4.74. The van der Waals surface area contributed by atoms with Gasteiger partial charge in [0.25, 0.3) is 5.91 Å². The lowest BCUT2D eigenvalue weighted by Crippen LogP contribution is -2.46. The predicted octanol–water partition coefficient (Wildman–Crippen LogP) is 6.23. The van der Waals surface area contributed by atoms with Crippen molar-refractivity contribution in [1.29, 1.82) is 0 Å². The molecule has 0 aliphatic carbocycles. The minimum absolute atomic E-state index is 0.176. The van der Waals surface area contributed by atoms with Gasteiger partial charge in [0.2, 0.25) is 0 Å². The number of carbonyl (C=O) groups excluding carboxylic acids is 1. The standard InChI is InChI=1S/C28H22F2N4O2S/c1-16-13-31-27(37-16)28(35)33-15-18-3-4-21(30)12-24(18)26(17(33)2)36-23-9-10-25-19(11-23)14-32-34(25)22-7-5-20(29)6-8-22/h3-14,17,26H,15H2,1-2H3/t17-,26-/m0/s1. The predicted molar refractivity (Wildman–Crippen MR) is 137 cm³/mol. The SMILES string of the molecule is Cc1cnc(C(=O)N2Cc3ccc(F)cc3[C@@H](Oc3ccc4c(cnn4-c4ccc(F)cc4)c3)[C@@H]2C)s1. The smallest absolute Gasteiger partial charge is 0.283 e. The lowest BCUT2D eigenvalue weighted by atomic mass is 9.91. The molecule has 1 aliphatic rings. The van der Waals surface area contributed by atoms with Crippen molar-refractivity contribution in [3.63, 3.8) is 0 Å². The summed E-state index contributed by atoms with van der Waals surface area (Å²) in [7, 11) is 0. The van der Waals surface area contributed by atoms with Gasteiger partial charge in [0.1, 0.15) is 23.5 Å². The Morgan fingerprint density at radius 2 is 1.81 bits per heavy atom. The molecule has 1 amide bonds. The lowest BCUT2D eigenvalue weighted by molar-refractivity contribution is 0.0374. The van der Waals surface area contributed by atoms with Gasteiger partial charge in [0.15, 0.2) is 5.01 Å². The molecule has 0 unspecified atom stereocenters. The van der Waals surface area contributed by atoms with E-state index in [1.165, 1.54) is 35.6 Å². The molecular formula is C28H22F2N4O2S. The van der Waals surface area contributed by atoms with Crippen molar-refractivity contribution in [2.75, 3.05) is 0 Å². The lowest BCUT2D eigenvalue weighted by Gasteiger charge is -2.40. The minimum Gasteiger partial charge on any atom is -0.484 e. The molecule has 2 aromatic heterocycles. The Kier molecular flexibility index (Phi) is 5.72. The van der Waals surface area contributed by atoms with Gasteiger partial charge in [-0.25, -0.2) is 18.4 Å². The Labute approximate surface area is 215 Å². The van der Waals surface area contributed by atoms with Crippen LogP contribution >= 0.6 is 11.3 Å². The van der Waals surface area contributed by atoms with Crippen LogP contribution in [0, 0.1) is 18.6 Å². The van der Waals surface area contributed by atoms with Crippen LogP contribution in [0.4, 0.5) is 8.78 Å². The van der Waals surface area contributed by atoms with E-state index in [2.05, 4.69) is 10.1 Å². The van der Waals surface area contributed by atoms with Gasteiger partial charge >= 0.3 is 0 Å². The van der Waals surface area contributed by atoms with Crippen LogP contribution in [0.25, 0.3) is 16.6 Å². The molecule has 9 heteroatoms. The van der Waals surface area contributed by atoms with Crippen LogP contribution in [0.1, 0.15) is 38.8 Å². The van der Waals surface area contributed by atoms with Gasteiger partial charge in [-0.2, -0.15) is 5.10 Å². The monoisotopic (exact) mass is 516 g/mol. The molecule has 3 aromatic carbocycles. The zero-order valence-corrected chi connectivity index (χ0v) is 20.9. The maximum Gasteiger partial charge on any atom is 0.283 e. The number of rotatable bonds is 4. The van der Waals surface area contributed by atoms with Crippen LogP contribution in [0.15, 0.2) is 73.1 Å². The van der Waals surface area contributed by atoms with Crippen molar-refractivity contribution in [3.05, 3.63) is 106 Å². The van der Waals surface area contributed by atoms with E-state index in [0.29, 0.717) is 22.9 Å². The molecule has 0 N–H and O–H groups in total. The highest BCUT2D eigenvalue weighted by Crippen LogP contribution is 2.37. The fraction of sp³-hybridized carbons (Fsp3) is 0.179. The summed E-state index contributed by atoms with van der Waals surface area (Å²) in [5.41, 5.74) is 3.12. The van der Waals surface area contributed by atoms with E-state index >= 15 is 0 Å². The molecule has 0 spiro atoms. The quantitative estimate of drug-likeness (QED) is 0.284. The number of nitrogens with zero attached hydrogens (tertiary/aromatic N) is 4. The zero-order chi connectivity index (χ0) is 25.7. The number of amides is 1. The summed E-state index contributed by atoms with van der Waals surface area (Å²) in [5, 5.41) is 5.70. The van der Waals surface area contributed by atoms with Crippen LogP contribution < -0.4 is 4.74 Å². The van der Waals surface area contributed by atoms with Gasteiger partial charge in [0.05, 0.1) is 23.4 Å². The van der Waals surface area contributed by atoms with Crippen LogP contribution in [0.2, 0.25) is 0 Å². The minimum atomic E-state index is -0.589. The van der Waals surface area contributed by atoms with Gasteiger partial charge < -0.3 is 9.64 Å². The Morgan fingerprint density at radius 3 is 2.57 bits per heavy atom. The highest BCUT2D eigenvalue weighted by molar-refractivity contribution is 7.13. The molecule has 0 radical (unpaired) electrons. The van der Waals surface area contributed by atoms with Gasteiger partial charge in [-0.15, -0.1) is 11.3 Å². The molecule has 3 heterocycles. The van der Waals surface area contributed by atoms with Crippen molar-refractivity contribution in [2.24, 2.45) is 0 Å². The Hall–Kier alpha value is -4.11. The summed E-state index contributed by atoms with van der Waals surface area (Å²) >= 11 is 1.35. The second-order valence-electron chi connectivity index (χ2n) is 9.08. The van der Waals surface area contributed by atoms with E-state index in [9.17, 15) is 13.6 Å². The number of carbonyl (C=O) groups is 1. The zero-order valence-electron chi connectivity index (χ0n) is 20.1. The third-order valence-electron chi connectivity index (χ3n) is 6.62. The van der Waals surface area contributed by atoms with Crippen molar-refractivity contribution in [1.82, 2.24) is 19.7 Å². The first kappa shape index (κ1) is 23.3. The summed E-state index contributed by atoms with van der Waals surface area (Å²) in [5.74, 6) is -0.277. The molecule has 6 nitrogen and oxygen atoms in total. The van der Waals surface area contributed by atoms with Gasteiger partial charge in [-0.05, 0) is 74.0 Å². The largest absolute Gasteiger partial charge is 0.484 e. The highest BCUT2D eigenvalue weighted by Gasteiger charge is 2.38. The van der Waals surface area contributed by atoms with Crippen LogP contribution in [-0.4, -0.2) is 31.6 Å². The van der Waals surface area contributed by atoms with Crippen molar-refractivity contribution < 1.29 is 18.3 Å². The summed E-state index contributed by atoms with van der Waals surface area (Å²) in [4.78, 5) is 20.3. The summed E-state index contributed by atoms with van der Waals surface area (Å²) in [6.07, 6.45) is 2.81. The highest BCUT2D eigenvalue weighted by atomic mass is 32.1. The number of fused-ring (bicyclic) bond motifs is 2. The van der Waals surface area contributed by atoms with Gasteiger partial charge in [-0.3, -0.25) is 4.79 Å². The second kappa shape index (κ2) is 9.08. The van der Waals surface area contributed by atoms with E-state index < -0.39 is 6.10 Å². The van der Waals surface area contributed by atoms with Crippen molar-refractivity contribution in [2.45, 2.75) is 32.5 Å². The molecular weight excluding hydrogens is 494 g/mol. The van der Waals surface area contributed by atoms with Crippen LogP contribution in [-0.2, 0) is 6.54 Å². The first-order chi connectivity index (χ1) is 17.9. The third-order valence-corrected chi connectivity index (χ3v) is 7.52. The number of halogens is 2. The number of thiazole rings is 1. The second-order valence-corrected chi connectivity index (χ2v) is 10.3. The number of aromatic nitrogens is 3. The maximum atomic E-state index is 14.3. The molecule has 37 heavy (non-hydrogen) atoms.